The van der Waals surface area contributed by atoms with Gasteiger partial charge in [0.15, 0.2) is 0 Å². The maximum absolute atomic E-state index is 10.6. The van der Waals surface area contributed by atoms with E-state index in [0.29, 0.717) is 13.0 Å². The molecule has 0 saturated carbocycles. The fourth-order valence-corrected chi connectivity index (χ4v) is 1.27. The molecule has 88 valence electrons. The van der Waals surface area contributed by atoms with Crippen LogP contribution in [0.3, 0.4) is 0 Å². The lowest BCUT2D eigenvalue weighted by Gasteiger charge is -2.07. The molecular formula is C11H16N2O3. The van der Waals surface area contributed by atoms with Gasteiger partial charge in [-0.05, 0) is 17.5 Å². The summed E-state index contributed by atoms with van der Waals surface area (Å²) in [5, 5.41) is 8.66. The normalized spacial score (nSPS) is 12.4. The number of carboxylic acid groups (broad SMARTS) is 1. The van der Waals surface area contributed by atoms with Gasteiger partial charge in [0.25, 0.3) is 0 Å². The average Bonchev–Trinajstić information content (AvgIpc) is 2.28. The fourth-order valence-electron chi connectivity index (χ4n) is 1.27. The lowest BCUT2D eigenvalue weighted by molar-refractivity contribution is -0.138. The number of carbonyl (C=O) groups is 1. The van der Waals surface area contributed by atoms with Crippen molar-refractivity contribution in [1.82, 2.24) is 5.48 Å². The van der Waals surface area contributed by atoms with Gasteiger partial charge in [-0.25, -0.2) is 5.48 Å². The summed E-state index contributed by atoms with van der Waals surface area (Å²) in [7, 11) is 1.69. The summed E-state index contributed by atoms with van der Waals surface area (Å²) in [6.07, 6.45) is 0.336. The minimum Gasteiger partial charge on any atom is -0.480 e. The van der Waals surface area contributed by atoms with Gasteiger partial charge >= 0.3 is 5.97 Å². The van der Waals surface area contributed by atoms with E-state index in [1.54, 1.807) is 7.05 Å². The second-order valence-electron chi connectivity index (χ2n) is 3.46. The Morgan fingerprint density at radius 1 is 1.44 bits per heavy atom. The molecule has 4 N–H and O–H groups in total. The topological polar surface area (TPSA) is 84.6 Å². The van der Waals surface area contributed by atoms with Crippen molar-refractivity contribution in [2.24, 2.45) is 5.73 Å². The summed E-state index contributed by atoms with van der Waals surface area (Å²) < 4.78 is 0. The summed E-state index contributed by atoms with van der Waals surface area (Å²) >= 11 is 0. The molecular weight excluding hydrogens is 208 g/mol. The molecule has 1 atom stereocenters. The van der Waals surface area contributed by atoms with Gasteiger partial charge in [-0.2, -0.15) is 0 Å². The molecule has 5 heteroatoms. The predicted molar refractivity (Wildman–Crippen MR) is 59.6 cm³/mol. The highest BCUT2D eigenvalue weighted by molar-refractivity contribution is 5.73. The van der Waals surface area contributed by atoms with Crippen molar-refractivity contribution in [2.75, 3.05) is 7.05 Å². The number of hydroxylamine groups is 1. The van der Waals surface area contributed by atoms with Crippen LogP contribution in [0.25, 0.3) is 0 Å². The highest BCUT2D eigenvalue weighted by atomic mass is 16.6. The molecule has 0 saturated heterocycles. The molecule has 0 heterocycles. The van der Waals surface area contributed by atoms with E-state index in [9.17, 15) is 4.79 Å². The average molecular weight is 224 g/mol. The van der Waals surface area contributed by atoms with Gasteiger partial charge in [0, 0.05) is 7.05 Å². The van der Waals surface area contributed by atoms with Gasteiger partial charge < -0.3 is 10.8 Å². The molecule has 0 radical (unpaired) electrons. The van der Waals surface area contributed by atoms with E-state index in [0.717, 1.165) is 11.1 Å². The Morgan fingerprint density at radius 3 is 2.50 bits per heavy atom. The Bertz CT molecular complexity index is 338. The molecule has 0 amide bonds. The van der Waals surface area contributed by atoms with E-state index in [-0.39, 0.29) is 0 Å². The number of hydrogen-bond donors (Lipinski definition) is 3. The number of aliphatic carboxylic acids is 1. The van der Waals surface area contributed by atoms with Crippen LogP contribution in [-0.4, -0.2) is 24.2 Å². The molecule has 0 aliphatic heterocycles. The largest absolute Gasteiger partial charge is 0.480 e. The predicted octanol–water partition coefficient (Wildman–Crippen LogP) is 0.292. The first-order chi connectivity index (χ1) is 7.63. The van der Waals surface area contributed by atoms with Gasteiger partial charge in [0.2, 0.25) is 0 Å². The smallest absolute Gasteiger partial charge is 0.320 e. The Morgan fingerprint density at radius 2 is 2.00 bits per heavy atom. The van der Waals surface area contributed by atoms with Crippen molar-refractivity contribution in [3.05, 3.63) is 35.4 Å². The zero-order valence-corrected chi connectivity index (χ0v) is 9.14. The Labute approximate surface area is 94.2 Å². The van der Waals surface area contributed by atoms with E-state index in [1.165, 1.54) is 0 Å². The first kappa shape index (κ1) is 12.6. The van der Waals surface area contributed by atoms with E-state index in [4.69, 9.17) is 15.7 Å². The van der Waals surface area contributed by atoms with Crippen LogP contribution in [0.5, 0.6) is 0 Å². The second kappa shape index (κ2) is 6.22. The van der Waals surface area contributed by atoms with E-state index in [2.05, 4.69) is 5.48 Å². The van der Waals surface area contributed by atoms with Crippen molar-refractivity contribution in [3.63, 3.8) is 0 Å². The van der Waals surface area contributed by atoms with Crippen LogP contribution in [-0.2, 0) is 22.7 Å². The molecule has 0 spiro atoms. The summed E-state index contributed by atoms with van der Waals surface area (Å²) in [5.74, 6) is -0.984. The highest BCUT2D eigenvalue weighted by Gasteiger charge is 2.11. The molecule has 1 unspecified atom stereocenters. The van der Waals surface area contributed by atoms with Crippen molar-refractivity contribution >= 4 is 5.97 Å². The zero-order valence-electron chi connectivity index (χ0n) is 9.14. The number of hydrogen-bond acceptors (Lipinski definition) is 4. The van der Waals surface area contributed by atoms with Gasteiger partial charge in [-0.15, -0.1) is 0 Å². The van der Waals surface area contributed by atoms with Crippen molar-refractivity contribution < 1.29 is 14.7 Å². The maximum Gasteiger partial charge on any atom is 0.320 e. The third-order valence-corrected chi connectivity index (χ3v) is 2.18. The molecule has 1 rings (SSSR count). The number of carboxylic acids is 1. The first-order valence-corrected chi connectivity index (χ1v) is 4.98. The van der Waals surface area contributed by atoms with Crippen LogP contribution in [0, 0.1) is 0 Å². The van der Waals surface area contributed by atoms with Crippen LogP contribution >= 0.6 is 0 Å². The standard InChI is InChI=1S/C11H16N2O3/c1-13-16-7-9-4-2-8(3-5-9)6-10(12)11(14)15/h2-5,10,13H,6-7,12H2,1H3,(H,14,15). The SMILES string of the molecule is CNOCc1ccc(CC(N)C(=O)O)cc1. The first-order valence-electron chi connectivity index (χ1n) is 4.98. The third kappa shape index (κ3) is 3.98. The number of nitrogens with one attached hydrogen (secondary N) is 1. The lowest BCUT2D eigenvalue weighted by Crippen LogP contribution is -2.32. The van der Waals surface area contributed by atoms with Crippen LogP contribution in [0.15, 0.2) is 24.3 Å². The van der Waals surface area contributed by atoms with Crippen LogP contribution in [0.1, 0.15) is 11.1 Å². The number of benzene rings is 1. The monoisotopic (exact) mass is 224 g/mol. The molecule has 0 aliphatic carbocycles. The highest BCUT2D eigenvalue weighted by Crippen LogP contribution is 2.07. The lowest BCUT2D eigenvalue weighted by atomic mass is 10.1. The summed E-state index contributed by atoms with van der Waals surface area (Å²) in [6, 6.07) is 6.65. The minimum atomic E-state index is -0.984. The minimum absolute atomic E-state index is 0.336. The molecule has 1 aromatic carbocycles. The van der Waals surface area contributed by atoms with Gasteiger partial charge in [-0.3, -0.25) is 9.63 Å². The summed E-state index contributed by atoms with van der Waals surface area (Å²) in [6.45, 7) is 0.474. The van der Waals surface area contributed by atoms with Crippen molar-refractivity contribution in [1.29, 1.82) is 0 Å². The van der Waals surface area contributed by atoms with E-state index < -0.39 is 12.0 Å². The molecule has 1 aromatic rings. The van der Waals surface area contributed by atoms with Crippen molar-refractivity contribution in [2.45, 2.75) is 19.1 Å². The summed E-state index contributed by atoms with van der Waals surface area (Å²) in [4.78, 5) is 15.6. The maximum atomic E-state index is 10.6. The quantitative estimate of drug-likeness (QED) is 0.605. The van der Waals surface area contributed by atoms with Crippen LogP contribution in [0.2, 0.25) is 0 Å². The van der Waals surface area contributed by atoms with Gasteiger partial charge in [-0.1, -0.05) is 24.3 Å². The number of nitrogens with two attached hydrogens (primary N) is 1. The molecule has 0 aromatic heterocycles. The Kier molecular flexibility index (Phi) is 4.91. The van der Waals surface area contributed by atoms with Gasteiger partial charge in [0.1, 0.15) is 6.04 Å². The molecule has 0 aliphatic rings. The second-order valence-corrected chi connectivity index (χ2v) is 3.46. The van der Waals surface area contributed by atoms with Crippen LogP contribution < -0.4 is 11.2 Å². The zero-order chi connectivity index (χ0) is 12.0. The van der Waals surface area contributed by atoms with E-state index >= 15 is 0 Å². The summed E-state index contributed by atoms with van der Waals surface area (Å²) in [5.41, 5.74) is 9.93. The molecule has 5 nitrogen and oxygen atoms in total. The fraction of sp³-hybridized carbons (Fsp3) is 0.364. The number of rotatable bonds is 6. The van der Waals surface area contributed by atoms with Crippen molar-refractivity contribution in [3.8, 4) is 0 Å². The Hall–Kier alpha value is -1.43. The Balaban J connectivity index is 2.54. The van der Waals surface area contributed by atoms with E-state index in [1.807, 2.05) is 24.3 Å². The molecule has 16 heavy (non-hydrogen) atoms. The third-order valence-electron chi connectivity index (χ3n) is 2.18. The molecule has 0 bridgehead atoms. The molecule has 0 fully saturated rings. The van der Waals surface area contributed by atoms with Crippen LogP contribution in [0.4, 0.5) is 0 Å². The van der Waals surface area contributed by atoms with Gasteiger partial charge in [0.05, 0.1) is 6.61 Å².